The molecule has 0 aliphatic heterocycles. The molecular formula is C14H22N2O2. The topological polar surface area (TPSA) is 54.1 Å². The molecule has 100 valence electrons. The smallest absolute Gasteiger partial charge is 0.354 e. The average Bonchev–Trinajstić information content (AvgIpc) is 2.84. The Balaban J connectivity index is 1.82. The van der Waals surface area contributed by atoms with Gasteiger partial charge in [0.1, 0.15) is 5.69 Å². The van der Waals surface area contributed by atoms with Crippen LogP contribution in [0, 0.1) is 5.92 Å². The van der Waals surface area contributed by atoms with Crippen molar-refractivity contribution >= 4 is 5.97 Å². The Morgan fingerprint density at radius 3 is 3.06 bits per heavy atom. The largest absolute Gasteiger partial charge is 0.464 e. The summed E-state index contributed by atoms with van der Waals surface area (Å²) in [5.74, 6) is 0.512. The highest BCUT2D eigenvalue weighted by Gasteiger charge is 2.18. The van der Waals surface area contributed by atoms with Gasteiger partial charge in [-0.05, 0) is 30.9 Å². The molecule has 0 saturated heterocycles. The Hall–Kier alpha value is -1.29. The normalized spacial score (nSPS) is 23.9. The second-order valence-electron chi connectivity index (χ2n) is 5.24. The Kier molecular flexibility index (Phi) is 4.42. The van der Waals surface area contributed by atoms with E-state index in [1.54, 1.807) is 6.07 Å². The molecule has 1 aromatic rings. The Morgan fingerprint density at radius 2 is 2.33 bits per heavy atom. The van der Waals surface area contributed by atoms with Gasteiger partial charge in [-0.25, -0.2) is 4.79 Å². The molecule has 2 unspecified atom stereocenters. The lowest BCUT2D eigenvalue weighted by molar-refractivity contribution is 0.0594. The quantitative estimate of drug-likeness (QED) is 0.807. The molecule has 1 fully saturated rings. The van der Waals surface area contributed by atoms with Crippen LogP contribution in [0.2, 0.25) is 0 Å². The maximum atomic E-state index is 11.3. The standard InChI is InChI=1S/C14H22N2O2/c1-10-4-3-5-11(8-10)15-9-12-6-7-13(16-12)14(17)18-2/h6-7,10-11,15-16H,3-5,8-9H2,1-2H3. The summed E-state index contributed by atoms with van der Waals surface area (Å²) >= 11 is 0. The van der Waals surface area contributed by atoms with E-state index < -0.39 is 0 Å². The first-order valence-corrected chi connectivity index (χ1v) is 6.68. The van der Waals surface area contributed by atoms with Crippen LogP contribution in [0.1, 0.15) is 48.8 Å². The van der Waals surface area contributed by atoms with Crippen molar-refractivity contribution in [2.75, 3.05) is 7.11 Å². The fraction of sp³-hybridized carbons (Fsp3) is 0.643. The predicted molar refractivity (Wildman–Crippen MR) is 70.4 cm³/mol. The van der Waals surface area contributed by atoms with Crippen molar-refractivity contribution in [2.45, 2.75) is 45.2 Å². The van der Waals surface area contributed by atoms with E-state index >= 15 is 0 Å². The molecular weight excluding hydrogens is 228 g/mol. The molecule has 1 aliphatic carbocycles. The minimum absolute atomic E-state index is 0.312. The van der Waals surface area contributed by atoms with Crippen LogP contribution in [-0.4, -0.2) is 24.1 Å². The van der Waals surface area contributed by atoms with Crippen molar-refractivity contribution in [2.24, 2.45) is 5.92 Å². The van der Waals surface area contributed by atoms with Crippen molar-refractivity contribution in [3.8, 4) is 0 Å². The monoisotopic (exact) mass is 250 g/mol. The fourth-order valence-corrected chi connectivity index (χ4v) is 2.65. The third-order valence-electron chi connectivity index (χ3n) is 3.67. The summed E-state index contributed by atoms with van der Waals surface area (Å²) in [4.78, 5) is 14.4. The van der Waals surface area contributed by atoms with E-state index in [-0.39, 0.29) is 5.97 Å². The predicted octanol–water partition coefficient (Wildman–Crippen LogP) is 2.47. The summed E-state index contributed by atoms with van der Waals surface area (Å²) in [7, 11) is 1.39. The van der Waals surface area contributed by atoms with Crippen LogP contribution in [0.15, 0.2) is 12.1 Å². The zero-order valence-electron chi connectivity index (χ0n) is 11.2. The average molecular weight is 250 g/mol. The van der Waals surface area contributed by atoms with Gasteiger partial charge in [-0.3, -0.25) is 0 Å². The van der Waals surface area contributed by atoms with Gasteiger partial charge in [0.05, 0.1) is 7.11 Å². The third-order valence-corrected chi connectivity index (χ3v) is 3.67. The summed E-state index contributed by atoms with van der Waals surface area (Å²) in [5.41, 5.74) is 1.56. The van der Waals surface area contributed by atoms with Gasteiger partial charge in [-0.15, -0.1) is 0 Å². The van der Waals surface area contributed by atoms with Crippen molar-refractivity contribution in [1.82, 2.24) is 10.3 Å². The van der Waals surface area contributed by atoms with E-state index in [2.05, 4.69) is 22.0 Å². The van der Waals surface area contributed by atoms with Crippen molar-refractivity contribution in [1.29, 1.82) is 0 Å². The summed E-state index contributed by atoms with van der Waals surface area (Å²) in [6.45, 7) is 3.10. The molecule has 0 radical (unpaired) electrons. The van der Waals surface area contributed by atoms with Crippen molar-refractivity contribution < 1.29 is 9.53 Å². The molecule has 0 amide bonds. The highest BCUT2D eigenvalue weighted by atomic mass is 16.5. The molecule has 1 saturated carbocycles. The number of nitrogens with one attached hydrogen (secondary N) is 2. The number of carbonyl (C=O) groups excluding carboxylic acids is 1. The summed E-state index contributed by atoms with van der Waals surface area (Å²) in [5, 5.41) is 3.56. The van der Waals surface area contributed by atoms with Gasteiger partial charge in [0.2, 0.25) is 0 Å². The van der Waals surface area contributed by atoms with Crippen LogP contribution in [0.25, 0.3) is 0 Å². The van der Waals surface area contributed by atoms with E-state index in [9.17, 15) is 4.79 Å². The molecule has 4 nitrogen and oxygen atoms in total. The highest BCUT2D eigenvalue weighted by molar-refractivity contribution is 5.87. The molecule has 0 spiro atoms. The third kappa shape index (κ3) is 3.35. The van der Waals surface area contributed by atoms with E-state index in [0.717, 1.165) is 18.2 Å². The van der Waals surface area contributed by atoms with Crippen LogP contribution in [0.3, 0.4) is 0 Å². The van der Waals surface area contributed by atoms with Gasteiger partial charge in [0.15, 0.2) is 0 Å². The van der Waals surface area contributed by atoms with Gasteiger partial charge in [-0.2, -0.15) is 0 Å². The number of esters is 1. The van der Waals surface area contributed by atoms with E-state index in [1.807, 2.05) is 6.07 Å². The van der Waals surface area contributed by atoms with Gasteiger partial charge in [0.25, 0.3) is 0 Å². The van der Waals surface area contributed by atoms with E-state index in [4.69, 9.17) is 0 Å². The summed E-state index contributed by atoms with van der Waals surface area (Å²) in [6.07, 6.45) is 5.18. The minimum Gasteiger partial charge on any atom is -0.464 e. The number of aromatic amines is 1. The molecule has 0 aromatic carbocycles. The lowest BCUT2D eigenvalue weighted by atomic mass is 9.87. The number of hydrogen-bond acceptors (Lipinski definition) is 3. The van der Waals surface area contributed by atoms with Crippen molar-refractivity contribution in [3.63, 3.8) is 0 Å². The van der Waals surface area contributed by atoms with Gasteiger partial charge in [-0.1, -0.05) is 19.8 Å². The Labute approximate surface area is 108 Å². The molecule has 1 aromatic heterocycles. The number of rotatable bonds is 4. The van der Waals surface area contributed by atoms with Crippen LogP contribution in [0.4, 0.5) is 0 Å². The second kappa shape index (κ2) is 6.05. The van der Waals surface area contributed by atoms with Crippen LogP contribution in [-0.2, 0) is 11.3 Å². The molecule has 2 N–H and O–H groups in total. The lowest BCUT2D eigenvalue weighted by Gasteiger charge is -2.27. The number of hydrogen-bond donors (Lipinski definition) is 2. The summed E-state index contributed by atoms with van der Waals surface area (Å²) in [6, 6.07) is 4.32. The zero-order valence-corrected chi connectivity index (χ0v) is 11.2. The van der Waals surface area contributed by atoms with E-state index in [1.165, 1.54) is 32.8 Å². The molecule has 2 atom stereocenters. The SMILES string of the molecule is COC(=O)c1ccc(CNC2CCCC(C)C2)[nH]1. The van der Waals surface area contributed by atoms with E-state index in [0.29, 0.717) is 11.7 Å². The molecule has 18 heavy (non-hydrogen) atoms. The maximum absolute atomic E-state index is 11.3. The zero-order chi connectivity index (χ0) is 13.0. The van der Waals surface area contributed by atoms with Crippen LogP contribution in [0.5, 0.6) is 0 Å². The van der Waals surface area contributed by atoms with Crippen LogP contribution >= 0.6 is 0 Å². The number of H-pyrrole nitrogens is 1. The number of carbonyl (C=O) groups is 1. The molecule has 0 bridgehead atoms. The van der Waals surface area contributed by atoms with Gasteiger partial charge in [0, 0.05) is 18.3 Å². The Bertz CT molecular complexity index is 400. The number of methoxy groups -OCH3 is 1. The first-order valence-electron chi connectivity index (χ1n) is 6.68. The molecule has 1 aliphatic rings. The summed E-state index contributed by atoms with van der Waals surface area (Å²) < 4.78 is 4.67. The van der Waals surface area contributed by atoms with Crippen molar-refractivity contribution in [3.05, 3.63) is 23.5 Å². The number of aromatic nitrogens is 1. The molecule has 1 heterocycles. The molecule has 4 heteroatoms. The lowest BCUT2D eigenvalue weighted by Crippen LogP contribution is -2.33. The number of ether oxygens (including phenoxy) is 1. The van der Waals surface area contributed by atoms with Gasteiger partial charge < -0.3 is 15.0 Å². The molecule has 2 rings (SSSR count). The highest BCUT2D eigenvalue weighted by Crippen LogP contribution is 2.23. The minimum atomic E-state index is -0.312. The maximum Gasteiger partial charge on any atom is 0.354 e. The first-order chi connectivity index (χ1) is 8.69. The second-order valence-corrected chi connectivity index (χ2v) is 5.24. The fourth-order valence-electron chi connectivity index (χ4n) is 2.65. The van der Waals surface area contributed by atoms with Crippen LogP contribution < -0.4 is 5.32 Å². The first kappa shape index (κ1) is 13.1. The Morgan fingerprint density at radius 1 is 1.50 bits per heavy atom. The van der Waals surface area contributed by atoms with Gasteiger partial charge >= 0.3 is 5.97 Å².